The van der Waals surface area contributed by atoms with Gasteiger partial charge in [-0.2, -0.15) is 0 Å². The van der Waals surface area contributed by atoms with Gasteiger partial charge in [0.15, 0.2) is 0 Å². The normalized spacial score (nSPS) is 26.5. The third-order valence-electron chi connectivity index (χ3n) is 4.80. The molecule has 1 aliphatic carbocycles. The molecule has 0 aliphatic heterocycles. The zero-order valence-corrected chi connectivity index (χ0v) is 12.8. The predicted octanol–water partition coefficient (Wildman–Crippen LogP) is 2.39. The van der Waals surface area contributed by atoms with E-state index in [2.05, 4.69) is 12.2 Å². The van der Waals surface area contributed by atoms with Crippen LogP contribution in [0.5, 0.6) is 0 Å². The van der Waals surface area contributed by atoms with Crippen molar-refractivity contribution in [2.45, 2.75) is 51.6 Å². The first-order chi connectivity index (χ1) is 9.45. The summed E-state index contributed by atoms with van der Waals surface area (Å²) in [6.07, 6.45) is 4.89. The van der Waals surface area contributed by atoms with Gasteiger partial charge in [-0.15, -0.1) is 0 Å². The molecule has 4 heteroatoms. The van der Waals surface area contributed by atoms with Gasteiger partial charge in [0.25, 0.3) is 5.91 Å². The molecule has 20 heavy (non-hydrogen) atoms. The third kappa shape index (κ3) is 3.23. The molecule has 0 aromatic carbocycles. The van der Waals surface area contributed by atoms with Crippen LogP contribution < -0.4 is 5.32 Å². The summed E-state index contributed by atoms with van der Waals surface area (Å²) in [5.41, 5.74) is 0.979. The molecule has 0 saturated heterocycles. The third-order valence-corrected chi connectivity index (χ3v) is 4.80. The van der Waals surface area contributed by atoms with E-state index in [9.17, 15) is 9.90 Å². The maximum absolute atomic E-state index is 12.1. The Hall–Kier alpha value is -1.29. The number of aryl methyl sites for hydroxylation is 1. The Bertz CT molecular complexity index is 471. The summed E-state index contributed by atoms with van der Waals surface area (Å²) in [6, 6.07) is 3.75. The number of rotatable bonds is 4. The van der Waals surface area contributed by atoms with Crippen LogP contribution in [0.25, 0.3) is 0 Å². The molecule has 1 aliphatic rings. The molecule has 2 N–H and O–H groups in total. The lowest BCUT2D eigenvalue weighted by Crippen LogP contribution is -2.45. The van der Waals surface area contributed by atoms with E-state index in [1.165, 1.54) is 6.42 Å². The number of hydrogen-bond donors (Lipinski definition) is 2. The minimum atomic E-state index is -0.721. The molecule has 0 unspecified atom stereocenters. The highest BCUT2D eigenvalue weighted by molar-refractivity contribution is 5.92. The SMILES string of the molecule is CCC1CCC(O)(CNC(=O)c2ccc(C)n2C)CC1. The van der Waals surface area contributed by atoms with Crippen molar-refractivity contribution < 1.29 is 9.90 Å². The molecule has 2 rings (SSSR count). The largest absolute Gasteiger partial charge is 0.388 e. The number of hydrogen-bond acceptors (Lipinski definition) is 2. The maximum Gasteiger partial charge on any atom is 0.268 e. The van der Waals surface area contributed by atoms with E-state index in [0.717, 1.165) is 37.3 Å². The van der Waals surface area contributed by atoms with Crippen LogP contribution in [-0.2, 0) is 7.05 Å². The van der Waals surface area contributed by atoms with Crippen LogP contribution in [0.2, 0.25) is 0 Å². The summed E-state index contributed by atoms with van der Waals surface area (Å²) in [5.74, 6) is 0.633. The summed E-state index contributed by atoms with van der Waals surface area (Å²) in [4.78, 5) is 12.1. The molecule has 1 heterocycles. The number of nitrogens with zero attached hydrogens (tertiary/aromatic N) is 1. The van der Waals surface area contributed by atoms with E-state index in [1.54, 1.807) is 0 Å². The number of aromatic nitrogens is 1. The molecule has 0 spiro atoms. The second kappa shape index (κ2) is 6.00. The van der Waals surface area contributed by atoms with Crippen LogP contribution in [0.15, 0.2) is 12.1 Å². The Morgan fingerprint density at radius 1 is 1.45 bits per heavy atom. The standard InChI is InChI=1S/C16H26N2O2/c1-4-13-7-9-16(20,10-8-13)11-17-15(19)14-6-5-12(2)18(14)3/h5-6,13,20H,4,7-11H2,1-3H3,(H,17,19). The fourth-order valence-corrected chi connectivity index (χ4v) is 2.98. The van der Waals surface area contributed by atoms with Crippen molar-refractivity contribution in [2.75, 3.05) is 6.54 Å². The van der Waals surface area contributed by atoms with Crippen LogP contribution in [0.3, 0.4) is 0 Å². The summed E-state index contributed by atoms with van der Waals surface area (Å²) < 4.78 is 1.87. The Kier molecular flexibility index (Phi) is 4.53. The van der Waals surface area contributed by atoms with Crippen LogP contribution in [0, 0.1) is 12.8 Å². The highest BCUT2D eigenvalue weighted by Gasteiger charge is 2.33. The van der Waals surface area contributed by atoms with Crippen molar-refractivity contribution in [3.05, 3.63) is 23.5 Å². The highest BCUT2D eigenvalue weighted by atomic mass is 16.3. The van der Waals surface area contributed by atoms with E-state index in [0.29, 0.717) is 12.2 Å². The van der Waals surface area contributed by atoms with Crippen molar-refractivity contribution in [1.29, 1.82) is 0 Å². The van der Waals surface area contributed by atoms with Crippen LogP contribution in [0.4, 0.5) is 0 Å². The van der Waals surface area contributed by atoms with E-state index in [1.807, 2.05) is 30.7 Å². The zero-order valence-electron chi connectivity index (χ0n) is 12.8. The molecule has 1 saturated carbocycles. The Labute approximate surface area is 121 Å². The second-order valence-electron chi connectivity index (χ2n) is 6.18. The summed E-state index contributed by atoms with van der Waals surface area (Å²) >= 11 is 0. The molecule has 1 amide bonds. The van der Waals surface area contributed by atoms with Gasteiger partial charge in [0.2, 0.25) is 0 Å². The summed E-state index contributed by atoms with van der Waals surface area (Å²) in [6.45, 7) is 4.53. The fourth-order valence-electron chi connectivity index (χ4n) is 2.98. The fraction of sp³-hybridized carbons (Fsp3) is 0.688. The van der Waals surface area contributed by atoms with E-state index in [-0.39, 0.29) is 5.91 Å². The van der Waals surface area contributed by atoms with Crippen molar-refractivity contribution >= 4 is 5.91 Å². The molecule has 112 valence electrons. The highest BCUT2D eigenvalue weighted by Crippen LogP contribution is 2.33. The van der Waals surface area contributed by atoms with Crippen LogP contribution in [-0.4, -0.2) is 27.7 Å². The van der Waals surface area contributed by atoms with Crippen molar-refractivity contribution in [3.63, 3.8) is 0 Å². The summed E-state index contributed by atoms with van der Waals surface area (Å²) in [7, 11) is 1.88. The van der Waals surface area contributed by atoms with E-state index in [4.69, 9.17) is 0 Å². The van der Waals surface area contributed by atoms with Gasteiger partial charge in [0, 0.05) is 19.3 Å². The van der Waals surface area contributed by atoms with Crippen LogP contribution in [0.1, 0.15) is 55.2 Å². The number of amides is 1. The van der Waals surface area contributed by atoms with E-state index < -0.39 is 5.60 Å². The molecule has 4 nitrogen and oxygen atoms in total. The van der Waals surface area contributed by atoms with Gasteiger partial charge in [-0.3, -0.25) is 4.79 Å². The minimum absolute atomic E-state index is 0.105. The van der Waals surface area contributed by atoms with Crippen molar-refractivity contribution in [1.82, 2.24) is 9.88 Å². The van der Waals surface area contributed by atoms with Crippen molar-refractivity contribution in [3.8, 4) is 0 Å². The Balaban J connectivity index is 1.89. The average molecular weight is 278 g/mol. The number of aliphatic hydroxyl groups is 1. The first-order valence-electron chi connectivity index (χ1n) is 7.58. The van der Waals surface area contributed by atoms with Gasteiger partial charge in [0.05, 0.1) is 5.60 Å². The van der Waals surface area contributed by atoms with Gasteiger partial charge in [-0.05, 0) is 50.7 Å². The lowest BCUT2D eigenvalue weighted by molar-refractivity contribution is -0.00792. The molecule has 0 atom stereocenters. The first kappa shape index (κ1) is 15.1. The second-order valence-corrected chi connectivity index (χ2v) is 6.18. The zero-order chi connectivity index (χ0) is 14.8. The average Bonchev–Trinajstić information content (AvgIpc) is 2.78. The van der Waals surface area contributed by atoms with Gasteiger partial charge < -0.3 is 15.0 Å². The minimum Gasteiger partial charge on any atom is -0.388 e. The Morgan fingerprint density at radius 3 is 2.60 bits per heavy atom. The topological polar surface area (TPSA) is 54.3 Å². The molecular weight excluding hydrogens is 252 g/mol. The van der Waals surface area contributed by atoms with Gasteiger partial charge >= 0.3 is 0 Å². The van der Waals surface area contributed by atoms with Crippen molar-refractivity contribution in [2.24, 2.45) is 13.0 Å². The first-order valence-corrected chi connectivity index (χ1v) is 7.58. The number of carbonyl (C=O) groups excluding carboxylic acids is 1. The lowest BCUT2D eigenvalue weighted by atomic mass is 9.78. The molecule has 1 aromatic heterocycles. The monoisotopic (exact) mass is 278 g/mol. The van der Waals surface area contributed by atoms with Gasteiger partial charge in [0.1, 0.15) is 5.69 Å². The number of nitrogens with one attached hydrogen (secondary N) is 1. The molecule has 0 bridgehead atoms. The number of carbonyl (C=O) groups is 1. The molecular formula is C16H26N2O2. The maximum atomic E-state index is 12.1. The van der Waals surface area contributed by atoms with Crippen LogP contribution >= 0.6 is 0 Å². The quantitative estimate of drug-likeness (QED) is 0.888. The Morgan fingerprint density at radius 2 is 2.10 bits per heavy atom. The van der Waals surface area contributed by atoms with Gasteiger partial charge in [-0.1, -0.05) is 13.3 Å². The van der Waals surface area contributed by atoms with E-state index >= 15 is 0 Å². The summed E-state index contributed by atoms with van der Waals surface area (Å²) in [5, 5.41) is 13.4. The molecule has 1 fully saturated rings. The predicted molar refractivity (Wildman–Crippen MR) is 79.7 cm³/mol. The smallest absolute Gasteiger partial charge is 0.268 e. The molecule has 0 radical (unpaired) electrons. The lowest BCUT2D eigenvalue weighted by Gasteiger charge is -2.35. The van der Waals surface area contributed by atoms with Gasteiger partial charge in [-0.25, -0.2) is 0 Å². The molecule has 1 aromatic rings.